The van der Waals surface area contributed by atoms with Crippen molar-refractivity contribution in [1.82, 2.24) is 4.98 Å². The van der Waals surface area contributed by atoms with Crippen molar-refractivity contribution in [3.63, 3.8) is 0 Å². The molecule has 0 radical (unpaired) electrons. The van der Waals surface area contributed by atoms with Gasteiger partial charge in [0, 0.05) is 0 Å². The first-order valence-electron chi connectivity index (χ1n) is 4.31. The van der Waals surface area contributed by atoms with Gasteiger partial charge in [0.25, 0.3) is 0 Å². The van der Waals surface area contributed by atoms with Crippen molar-refractivity contribution < 1.29 is 13.9 Å². The topological polar surface area (TPSA) is 52.3 Å². The number of rotatable bonds is 2. The van der Waals surface area contributed by atoms with E-state index < -0.39 is 0 Å². The van der Waals surface area contributed by atoms with E-state index in [-0.39, 0.29) is 5.97 Å². The summed E-state index contributed by atoms with van der Waals surface area (Å²) in [4.78, 5) is 16.6. The fraction of sp³-hybridized carbons (Fsp3) is 0.200. The second kappa shape index (κ2) is 3.86. The summed E-state index contributed by atoms with van der Waals surface area (Å²) in [5.74, 6) is 0.945. The molecule has 0 saturated heterocycles. The summed E-state index contributed by atoms with van der Waals surface area (Å²) in [6, 6.07) is 3.49. The fourth-order valence-corrected chi connectivity index (χ4v) is 1.99. The van der Waals surface area contributed by atoms with E-state index in [1.54, 1.807) is 18.3 Å². The Morgan fingerprint density at radius 2 is 2.33 bits per heavy atom. The van der Waals surface area contributed by atoms with Crippen LogP contribution in [0.2, 0.25) is 0 Å². The molecule has 0 spiro atoms. The minimum absolute atomic E-state index is 0.338. The molecule has 0 aromatic carbocycles. The molecule has 2 heterocycles. The van der Waals surface area contributed by atoms with Crippen LogP contribution in [0, 0.1) is 6.92 Å². The number of hydrogen-bond acceptors (Lipinski definition) is 5. The van der Waals surface area contributed by atoms with Crippen molar-refractivity contribution in [2.45, 2.75) is 6.92 Å². The normalized spacial score (nSPS) is 10.3. The molecule has 15 heavy (non-hydrogen) atoms. The minimum Gasteiger partial charge on any atom is -0.465 e. The molecule has 0 aliphatic rings. The number of methoxy groups -OCH3 is 1. The molecule has 0 atom stereocenters. The lowest BCUT2D eigenvalue weighted by atomic mass is 10.4. The zero-order valence-electron chi connectivity index (χ0n) is 8.31. The first kappa shape index (κ1) is 9.92. The summed E-state index contributed by atoms with van der Waals surface area (Å²) in [7, 11) is 1.36. The highest BCUT2D eigenvalue weighted by Crippen LogP contribution is 2.27. The van der Waals surface area contributed by atoms with Crippen molar-refractivity contribution in [3.8, 4) is 10.8 Å². The zero-order valence-corrected chi connectivity index (χ0v) is 9.13. The minimum atomic E-state index is -0.338. The molecule has 4 nitrogen and oxygen atoms in total. The van der Waals surface area contributed by atoms with Crippen LogP contribution in [0.4, 0.5) is 0 Å². The van der Waals surface area contributed by atoms with Gasteiger partial charge in [0.05, 0.1) is 18.2 Å². The lowest BCUT2D eigenvalue weighted by molar-refractivity contribution is 0.0606. The summed E-state index contributed by atoms with van der Waals surface area (Å²) in [6.07, 6.45) is 1.65. The molecule has 5 heteroatoms. The Kier molecular flexibility index (Phi) is 2.55. The van der Waals surface area contributed by atoms with E-state index in [9.17, 15) is 4.79 Å². The van der Waals surface area contributed by atoms with Gasteiger partial charge in [0.2, 0.25) is 5.89 Å². The van der Waals surface area contributed by atoms with Crippen LogP contribution in [0.1, 0.15) is 15.4 Å². The molecule has 0 unspecified atom stereocenters. The highest BCUT2D eigenvalue weighted by atomic mass is 32.1. The van der Waals surface area contributed by atoms with Crippen LogP contribution < -0.4 is 0 Å². The molecular formula is C10H9NO3S. The van der Waals surface area contributed by atoms with E-state index in [0.29, 0.717) is 10.8 Å². The number of oxazole rings is 1. The van der Waals surface area contributed by atoms with E-state index in [1.807, 2.05) is 6.92 Å². The molecule has 0 fully saturated rings. The predicted molar refractivity (Wildman–Crippen MR) is 55.9 cm³/mol. The van der Waals surface area contributed by atoms with E-state index in [1.165, 1.54) is 18.4 Å². The Balaban J connectivity index is 2.31. The maximum atomic E-state index is 11.2. The molecule has 78 valence electrons. The Bertz CT molecular complexity index is 486. The van der Waals surface area contributed by atoms with Crippen LogP contribution in [0.5, 0.6) is 0 Å². The number of carbonyl (C=O) groups excluding carboxylic acids is 1. The van der Waals surface area contributed by atoms with Crippen molar-refractivity contribution in [3.05, 3.63) is 29.0 Å². The first-order valence-corrected chi connectivity index (χ1v) is 5.13. The molecule has 2 aromatic heterocycles. The number of aromatic nitrogens is 1. The molecule has 0 saturated carbocycles. The Morgan fingerprint density at radius 1 is 1.53 bits per heavy atom. The third-order valence-corrected chi connectivity index (χ3v) is 2.88. The zero-order chi connectivity index (χ0) is 10.8. The van der Waals surface area contributed by atoms with Gasteiger partial charge in [-0.05, 0) is 19.1 Å². The van der Waals surface area contributed by atoms with Crippen molar-refractivity contribution in [2.24, 2.45) is 0 Å². The van der Waals surface area contributed by atoms with Crippen LogP contribution in [-0.2, 0) is 4.74 Å². The Morgan fingerprint density at radius 3 is 2.93 bits per heavy atom. The predicted octanol–water partition coefficient (Wildman–Crippen LogP) is 2.50. The van der Waals surface area contributed by atoms with E-state index in [0.717, 1.165) is 10.6 Å². The maximum absolute atomic E-state index is 11.2. The Hall–Kier alpha value is -1.62. The molecular weight excluding hydrogens is 214 g/mol. The number of hydrogen-bond donors (Lipinski definition) is 0. The summed E-state index contributed by atoms with van der Waals surface area (Å²) in [5, 5.41) is 0. The number of ether oxygens (including phenoxy) is 1. The second-order valence-corrected chi connectivity index (χ2v) is 4.02. The molecule has 0 N–H and O–H groups in total. The molecule has 2 aromatic rings. The van der Waals surface area contributed by atoms with Crippen LogP contribution in [-0.4, -0.2) is 18.1 Å². The third kappa shape index (κ3) is 1.92. The number of carbonyl (C=O) groups is 1. The van der Waals surface area contributed by atoms with Gasteiger partial charge >= 0.3 is 5.97 Å². The number of nitrogens with zero attached hydrogens (tertiary/aromatic N) is 1. The van der Waals surface area contributed by atoms with E-state index in [4.69, 9.17) is 4.42 Å². The van der Waals surface area contributed by atoms with E-state index in [2.05, 4.69) is 9.72 Å². The lowest BCUT2D eigenvalue weighted by Crippen LogP contribution is -1.96. The fourth-order valence-electron chi connectivity index (χ4n) is 1.13. The van der Waals surface area contributed by atoms with Gasteiger partial charge in [-0.2, -0.15) is 0 Å². The van der Waals surface area contributed by atoms with Gasteiger partial charge < -0.3 is 9.15 Å². The summed E-state index contributed by atoms with van der Waals surface area (Å²) >= 11 is 1.30. The molecule has 2 rings (SSSR count). The number of aryl methyl sites for hydroxylation is 1. The van der Waals surface area contributed by atoms with Crippen LogP contribution >= 0.6 is 11.3 Å². The summed E-state index contributed by atoms with van der Waals surface area (Å²) < 4.78 is 9.95. The molecule has 0 aliphatic carbocycles. The lowest BCUT2D eigenvalue weighted by Gasteiger charge is -1.91. The highest BCUT2D eigenvalue weighted by molar-refractivity contribution is 7.17. The average Bonchev–Trinajstić information content (AvgIpc) is 2.84. The van der Waals surface area contributed by atoms with E-state index >= 15 is 0 Å². The van der Waals surface area contributed by atoms with Gasteiger partial charge in [-0.3, -0.25) is 0 Å². The number of esters is 1. The van der Waals surface area contributed by atoms with Gasteiger partial charge in [-0.1, -0.05) is 0 Å². The monoisotopic (exact) mass is 223 g/mol. The maximum Gasteiger partial charge on any atom is 0.348 e. The van der Waals surface area contributed by atoms with Gasteiger partial charge in [-0.25, -0.2) is 9.78 Å². The SMILES string of the molecule is COC(=O)c1ccc(-c2ncc(C)o2)s1. The van der Waals surface area contributed by atoms with Gasteiger partial charge in [0.1, 0.15) is 10.6 Å². The molecule has 0 amide bonds. The third-order valence-electron chi connectivity index (χ3n) is 1.82. The second-order valence-electron chi connectivity index (χ2n) is 2.93. The van der Waals surface area contributed by atoms with Crippen molar-refractivity contribution >= 4 is 17.3 Å². The average molecular weight is 223 g/mol. The molecule has 0 aliphatic heterocycles. The van der Waals surface area contributed by atoms with Crippen LogP contribution in [0.3, 0.4) is 0 Å². The smallest absolute Gasteiger partial charge is 0.348 e. The standard InChI is InChI=1S/C10H9NO3S/c1-6-5-11-9(14-6)7-3-4-8(15-7)10(12)13-2/h3-5H,1-2H3. The van der Waals surface area contributed by atoms with Crippen LogP contribution in [0.15, 0.2) is 22.7 Å². The van der Waals surface area contributed by atoms with Gasteiger partial charge in [0.15, 0.2) is 0 Å². The van der Waals surface area contributed by atoms with Gasteiger partial charge in [-0.15, -0.1) is 11.3 Å². The Labute approximate surface area is 90.5 Å². The van der Waals surface area contributed by atoms with Crippen LogP contribution in [0.25, 0.3) is 10.8 Å². The summed E-state index contributed by atoms with van der Waals surface area (Å²) in [5.41, 5.74) is 0. The highest BCUT2D eigenvalue weighted by Gasteiger charge is 2.12. The largest absolute Gasteiger partial charge is 0.465 e. The quantitative estimate of drug-likeness (QED) is 0.734. The van der Waals surface area contributed by atoms with Crippen molar-refractivity contribution in [1.29, 1.82) is 0 Å². The number of thiophene rings is 1. The summed E-state index contributed by atoms with van der Waals surface area (Å²) in [6.45, 7) is 1.82. The first-order chi connectivity index (χ1) is 7.20. The van der Waals surface area contributed by atoms with Crippen molar-refractivity contribution in [2.75, 3.05) is 7.11 Å². The molecule has 0 bridgehead atoms.